The van der Waals surface area contributed by atoms with Crippen LogP contribution in [0.4, 0.5) is 0 Å². The minimum Gasteiger partial charge on any atom is -0.487 e. The van der Waals surface area contributed by atoms with Crippen LogP contribution in [0.25, 0.3) is 0 Å². The molecule has 0 atom stereocenters. The summed E-state index contributed by atoms with van der Waals surface area (Å²) >= 11 is 3.53. The Morgan fingerprint density at radius 1 is 1.38 bits per heavy atom. The molecule has 0 aliphatic rings. The van der Waals surface area contributed by atoms with E-state index in [4.69, 9.17) is 9.84 Å². The molecule has 0 radical (unpaired) electrons. The molecule has 1 aromatic carbocycles. The maximum atomic E-state index is 10.6. The molecule has 0 aliphatic heterocycles. The van der Waals surface area contributed by atoms with Crippen molar-refractivity contribution < 1.29 is 14.6 Å². The average molecular weight is 353 g/mol. The van der Waals surface area contributed by atoms with Gasteiger partial charge in [-0.3, -0.25) is 9.48 Å². The Bertz CT molecular complexity index is 635. The van der Waals surface area contributed by atoms with Crippen molar-refractivity contribution in [3.8, 4) is 5.75 Å². The normalized spacial score (nSPS) is 10.6. The zero-order chi connectivity index (χ0) is 15.4. The topological polar surface area (TPSA) is 64.4 Å². The summed E-state index contributed by atoms with van der Waals surface area (Å²) in [4.78, 5) is 10.6. The van der Waals surface area contributed by atoms with Gasteiger partial charge in [-0.05, 0) is 47.5 Å². The van der Waals surface area contributed by atoms with Gasteiger partial charge in [0.25, 0.3) is 0 Å². The fraction of sp³-hybridized carbons (Fsp3) is 0.333. The van der Waals surface area contributed by atoms with Crippen LogP contribution in [0.1, 0.15) is 23.9 Å². The van der Waals surface area contributed by atoms with E-state index in [2.05, 4.69) is 21.0 Å². The first-order valence-corrected chi connectivity index (χ1v) is 7.46. The maximum Gasteiger partial charge on any atom is 0.307 e. The van der Waals surface area contributed by atoms with Crippen molar-refractivity contribution in [1.29, 1.82) is 0 Å². The van der Waals surface area contributed by atoms with E-state index >= 15 is 0 Å². The van der Waals surface area contributed by atoms with E-state index in [0.717, 1.165) is 28.0 Å². The second kappa shape index (κ2) is 6.76. The van der Waals surface area contributed by atoms with Gasteiger partial charge in [-0.15, -0.1) is 0 Å². The first kappa shape index (κ1) is 15.6. The van der Waals surface area contributed by atoms with Crippen LogP contribution in [-0.4, -0.2) is 20.9 Å². The van der Waals surface area contributed by atoms with Gasteiger partial charge in [0, 0.05) is 6.54 Å². The number of carbonyl (C=O) groups is 1. The largest absolute Gasteiger partial charge is 0.487 e. The predicted molar refractivity (Wildman–Crippen MR) is 82.5 cm³/mol. The number of halogens is 1. The molecular formula is C15H17BrN2O3. The molecule has 0 bridgehead atoms. The summed E-state index contributed by atoms with van der Waals surface area (Å²) < 4.78 is 8.62. The first-order chi connectivity index (χ1) is 10.0. The molecule has 0 amide bonds. The summed E-state index contributed by atoms with van der Waals surface area (Å²) in [5.74, 6) is -0.132. The molecule has 1 N–H and O–H groups in total. The van der Waals surface area contributed by atoms with Crippen LogP contribution in [0.5, 0.6) is 5.75 Å². The molecule has 0 saturated heterocycles. The highest BCUT2D eigenvalue weighted by molar-refractivity contribution is 9.10. The number of rotatable bonds is 6. The van der Waals surface area contributed by atoms with Crippen LogP contribution >= 0.6 is 15.9 Å². The third kappa shape index (κ3) is 3.85. The van der Waals surface area contributed by atoms with Crippen LogP contribution in [0.2, 0.25) is 0 Å². The Kier molecular flexibility index (Phi) is 5.01. The summed E-state index contributed by atoms with van der Waals surface area (Å²) in [7, 11) is 0. The van der Waals surface area contributed by atoms with Gasteiger partial charge < -0.3 is 9.84 Å². The van der Waals surface area contributed by atoms with Crippen molar-refractivity contribution in [2.45, 2.75) is 33.4 Å². The molecule has 1 heterocycles. The molecule has 2 aromatic rings. The fourth-order valence-electron chi connectivity index (χ4n) is 2.04. The minimum absolute atomic E-state index is 0.0215. The average Bonchev–Trinajstić information content (AvgIpc) is 2.73. The number of hydrogen-bond acceptors (Lipinski definition) is 3. The molecular weight excluding hydrogens is 336 g/mol. The summed E-state index contributed by atoms with van der Waals surface area (Å²) in [5, 5.41) is 13.1. The van der Waals surface area contributed by atoms with E-state index in [1.54, 1.807) is 24.3 Å². The van der Waals surface area contributed by atoms with Gasteiger partial charge >= 0.3 is 5.97 Å². The molecule has 2 rings (SSSR count). The molecule has 1 aromatic heterocycles. The molecule has 0 saturated carbocycles. The van der Waals surface area contributed by atoms with Crippen LogP contribution in [0.15, 0.2) is 28.7 Å². The highest BCUT2D eigenvalue weighted by atomic mass is 79.9. The third-order valence-corrected chi connectivity index (χ3v) is 4.14. The van der Waals surface area contributed by atoms with Gasteiger partial charge in [-0.1, -0.05) is 12.1 Å². The van der Waals surface area contributed by atoms with E-state index in [1.165, 1.54) is 0 Å². The monoisotopic (exact) mass is 352 g/mol. The number of aliphatic carboxylic acids is 1. The number of nitrogens with zero attached hydrogens (tertiary/aromatic N) is 2. The van der Waals surface area contributed by atoms with Gasteiger partial charge in [0.05, 0.1) is 22.3 Å². The smallest absolute Gasteiger partial charge is 0.307 e. The fourth-order valence-corrected chi connectivity index (χ4v) is 2.44. The molecule has 21 heavy (non-hydrogen) atoms. The van der Waals surface area contributed by atoms with E-state index in [1.807, 2.05) is 18.5 Å². The molecule has 0 unspecified atom stereocenters. The van der Waals surface area contributed by atoms with Crippen molar-refractivity contribution in [2.24, 2.45) is 0 Å². The molecule has 0 fully saturated rings. The van der Waals surface area contributed by atoms with Crippen molar-refractivity contribution in [1.82, 2.24) is 9.78 Å². The SMILES string of the molecule is CCn1nc(C)c(Br)c1COc1ccc(CC(=O)O)cc1. The van der Waals surface area contributed by atoms with E-state index in [0.29, 0.717) is 12.4 Å². The number of hydrogen-bond donors (Lipinski definition) is 1. The lowest BCUT2D eigenvalue weighted by atomic mass is 10.1. The van der Waals surface area contributed by atoms with Gasteiger partial charge in [0.2, 0.25) is 0 Å². The zero-order valence-electron chi connectivity index (χ0n) is 12.0. The number of benzene rings is 1. The molecule has 0 spiro atoms. The lowest BCUT2D eigenvalue weighted by Gasteiger charge is -2.09. The van der Waals surface area contributed by atoms with E-state index < -0.39 is 5.97 Å². The maximum absolute atomic E-state index is 10.6. The predicted octanol–water partition coefficient (Wildman–Crippen LogP) is 3.18. The Morgan fingerprint density at radius 3 is 2.62 bits per heavy atom. The summed E-state index contributed by atoms with van der Waals surface area (Å²) in [6.45, 7) is 5.17. The first-order valence-electron chi connectivity index (χ1n) is 6.66. The summed E-state index contributed by atoms with van der Waals surface area (Å²) in [6.07, 6.45) is 0.0215. The quantitative estimate of drug-likeness (QED) is 0.866. The number of carboxylic acids is 1. The molecule has 112 valence electrons. The Balaban J connectivity index is 2.05. The second-order valence-electron chi connectivity index (χ2n) is 4.66. The van der Waals surface area contributed by atoms with Crippen LogP contribution in [-0.2, 0) is 24.4 Å². The van der Waals surface area contributed by atoms with Crippen LogP contribution in [0, 0.1) is 6.92 Å². The van der Waals surface area contributed by atoms with E-state index in [-0.39, 0.29) is 6.42 Å². The Hall–Kier alpha value is -1.82. The zero-order valence-corrected chi connectivity index (χ0v) is 13.6. The van der Waals surface area contributed by atoms with E-state index in [9.17, 15) is 4.79 Å². The van der Waals surface area contributed by atoms with Crippen LogP contribution < -0.4 is 4.74 Å². The number of aryl methyl sites for hydroxylation is 2. The Morgan fingerprint density at radius 2 is 2.05 bits per heavy atom. The second-order valence-corrected chi connectivity index (χ2v) is 5.46. The van der Waals surface area contributed by atoms with Crippen molar-refractivity contribution >= 4 is 21.9 Å². The number of carboxylic acid groups (broad SMARTS) is 1. The minimum atomic E-state index is -0.838. The highest BCUT2D eigenvalue weighted by Gasteiger charge is 2.12. The molecule has 6 heteroatoms. The van der Waals surface area contributed by atoms with Crippen molar-refractivity contribution in [3.05, 3.63) is 45.7 Å². The summed E-state index contributed by atoms with van der Waals surface area (Å²) in [6, 6.07) is 7.10. The van der Waals surface area contributed by atoms with Gasteiger partial charge in [-0.25, -0.2) is 0 Å². The van der Waals surface area contributed by atoms with Crippen molar-refractivity contribution in [3.63, 3.8) is 0 Å². The Labute approximate surface area is 131 Å². The highest BCUT2D eigenvalue weighted by Crippen LogP contribution is 2.23. The lowest BCUT2D eigenvalue weighted by molar-refractivity contribution is -0.136. The number of ether oxygens (including phenoxy) is 1. The van der Waals surface area contributed by atoms with Gasteiger partial charge in [0.15, 0.2) is 0 Å². The van der Waals surface area contributed by atoms with Crippen molar-refractivity contribution in [2.75, 3.05) is 0 Å². The number of aromatic nitrogens is 2. The molecule has 5 nitrogen and oxygen atoms in total. The third-order valence-electron chi connectivity index (χ3n) is 3.11. The standard InChI is InChI=1S/C15H17BrN2O3/c1-3-18-13(15(16)10(2)17-18)9-21-12-6-4-11(5-7-12)8-14(19)20/h4-7H,3,8-9H2,1-2H3,(H,19,20). The van der Waals surface area contributed by atoms with Gasteiger partial charge in [-0.2, -0.15) is 5.10 Å². The summed E-state index contributed by atoms with van der Waals surface area (Å²) in [5.41, 5.74) is 2.68. The van der Waals surface area contributed by atoms with Crippen LogP contribution in [0.3, 0.4) is 0 Å². The lowest BCUT2D eigenvalue weighted by Crippen LogP contribution is -2.06. The van der Waals surface area contributed by atoms with Gasteiger partial charge in [0.1, 0.15) is 12.4 Å². The molecule has 0 aliphatic carbocycles.